The van der Waals surface area contributed by atoms with Crippen molar-refractivity contribution in [2.24, 2.45) is 7.05 Å². The van der Waals surface area contributed by atoms with E-state index in [2.05, 4.69) is 9.84 Å². The van der Waals surface area contributed by atoms with Crippen LogP contribution >= 0.6 is 0 Å². The van der Waals surface area contributed by atoms with Crippen molar-refractivity contribution in [1.29, 1.82) is 0 Å². The fourth-order valence-electron chi connectivity index (χ4n) is 2.01. The largest absolute Gasteiger partial charge is 0.434 e. The number of nitrogens with zero attached hydrogens (tertiary/aromatic N) is 2. The third-order valence-electron chi connectivity index (χ3n) is 3.02. The number of carbonyl (C=O) groups is 1. The number of hydrogen-bond acceptors (Lipinski definition) is 3. The van der Waals surface area contributed by atoms with Crippen LogP contribution in [0, 0.1) is 0 Å². The van der Waals surface area contributed by atoms with Gasteiger partial charge in [0, 0.05) is 18.8 Å². The van der Waals surface area contributed by atoms with Crippen molar-refractivity contribution in [3.63, 3.8) is 0 Å². The first-order valence-corrected chi connectivity index (χ1v) is 6.58. The molecule has 1 aromatic carbocycles. The first kappa shape index (κ1) is 17.7. The maximum Gasteiger partial charge on any atom is 0.413 e. The number of amides is 1. The van der Waals surface area contributed by atoms with Crippen LogP contribution in [-0.4, -0.2) is 28.5 Å². The summed E-state index contributed by atoms with van der Waals surface area (Å²) in [5.74, 6) is -1.71. The molecule has 1 heterocycles. The van der Waals surface area contributed by atoms with Gasteiger partial charge in [-0.15, -0.1) is 0 Å². The second-order valence-electron chi connectivity index (χ2n) is 4.77. The Hall–Kier alpha value is -2.65. The normalized spacial score (nSPS) is 13.0. The van der Waals surface area contributed by atoms with Crippen LogP contribution in [0.25, 0.3) is 0 Å². The Balaban J connectivity index is 2.35. The van der Waals surface area contributed by atoms with Crippen LogP contribution in [0.15, 0.2) is 36.7 Å². The van der Waals surface area contributed by atoms with Gasteiger partial charge in [0.2, 0.25) is 0 Å². The van der Waals surface area contributed by atoms with Crippen LogP contribution < -0.4 is 10.1 Å². The molecule has 130 valence electrons. The average molecular weight is 349 g/mol. The zero-order valence-electron chi connectivity index (χ0n) is 12.2. The van der Waals surface area contributed by atoms with Crippen LogP contribution in [0.5, 0.6) is 5.75 Å². The van der Waals surface area contributed by atoms with E-state index in [0.717, 1.165) is 18.3 Å². The zero-order valence-corrected chi connectivity index (χ0v) is 12.2. The summed E-state index contributed by atoms with van der Waals surface area (Å²) in [6, 6.07) is 1.89. The van der Waals surface area contributed by atoms with Crippen molar-refractivity contribution in [2.45, 2.75) is 18.8 Å². The van der Waals surface area contributed by atoms with Gasteiger partial charge in [-0.2, -0.15) is 27.1 Å². The smallest absolute Gasteiger partial charge is 0.413 e. The van der Waals surface area contributed by atoms with E-state index < -0.39 is 36.0 Å². The van der Waals surface area contributed by atoms with Crippen LogP contribution in [0.4, 0.5) is 22.0 Å². The number of benzene rings is 1. The molecule has 1 amide bonds. The topological polar surface area (TPSA) is 56.2 Å². The maximum atomic E-state index is 13.3. The van der Waals surface area contributed by atoms with E-state index >= 15 is 0 Å². The number of ether oxygens (including phenoxy) is 1. The lowest BCUT2D eigenvalue weighted by atomic mass is 10.0. The van der Waals surface area contributed by atoms with Gasteiger partial charge in [0.1, 0.15) is 5.75 Å². The molecule has 0 aliphatic heterocycles. The highest BCUT2D eigenvalue weighted by Crippen LogP contribution is 2.37. The van der Waals surface area contributed by atoms with Crippen LogP contribution in [0.3, 0.4) is 0 Å². The molecule has 10 heteroatoms. The van der Waals surface area contributed by atoms with E-state index in [-0.39, 0.29) is 5.56 Å². The lowest BCUT2D eigenvalue weighted by Crippen LogP contribution is -2.38. The molecule has 0 radical (unpaired) electrons. The first-order chi connectivity index (χ1) is 11.2. The molecule has 1 atom stereocenters. The van der Waals surface area contributed by atoms with Crippen molar-refractivity contribution >= 4 is 5.91 Å². The molecule has 5 nitrogen and oxygen atoms in total. The molecule has 1 aromatic heterocycles. The number of nitrogens with one attached hydrogen (secondary N) is 1. The number of aryl methyl sites for hydroxylation is 1. The fourth-order valence-corrected chi connectivity index (χ4v) is 2.01. The minimum Gasteiger partial charge on any atom is -0.434 e. The third kappa shape index (κ3) is 4.21. The van der Waals surface area contributed by atoms with Crippen molar-refractivity contribution in [2.75, 3.05) is 0 Å². The van der Waals surface area contributed by atoms with Crippen LogP contribution in [-0.2, 0) is 7.05 Å². The van der Waals surface area contributed by atoms with E-state index in [1.807, 2.05) is 0 Å². The predicted octanol–water partition coefficient (Wildman–Crippen LogP) is 3.05. The Labute approximate surface area is 133 Å². The Kier molecular flexibility index (Phi) is 5.05. The molecule has 0 saturated heterocycles. The molecule has 1 N–H and O–H groups in total. The molecule has 2 rings (SSSR count). The Morgan fingerprint density at radius 3 is 2.50 bits per heavy atom. The molecule has 0 spiro atoms. The summed E-state index contributed by atoms with van der Waals surface area (Å²) >= 11 is 0. The summed E-state index contributed by atoms with van der Waals surface area (Å²) in [4.78, 5) is 12.0. The standard InChI is InChI=1S/C14H12F5N3O2/c1-22-7-8(6-20-22)12(23)21-11(14(17,18)19)9-4-2-3-5-10(9)24-13(15)16/h2-7,11,13H,1H3,(H,21,23)/t11-/m0/s1. The number of aromatic nitrogens is 2. The molecule has 0 aliphatic rings. The summed E-state index contributed by atoms with van der Waals surface area (Å²) < 4.78 is 70.1. The van der Waals surface area contributed by atoms with Crippen LogP contribution in [0.1, 0.15) is 22.0 Å². The van der Waals surface area contributed by atoms with Gasteiger partial charge in [-0.05, 0) is 6.07 Å². The molecule has 2 aromatic rings. The van der Waals surface area contributed by atoms with Gasteiger partial charge in [0.05, 0.1) is 11.8 Å². The molecular formula is C14H12F5N3O2. The van der Waals surface area contributed by atoms with Gasteiger partial charge >= 0.3 is 12.8 Å². The lowest BCUT2D eigenvalue weighted by Gasteiger charge is -2.23. The molecule has 0 aliphatic carbocycles. The second-order valence-corrected chi connectivity index (χ2v) is 4.77. The Morgan fingerprint density at radius 1 is 1.29 bits per heavy atom. The SMILES string of the molecule is Cn1cc(C(=O)N[C@@H](c2ccccc2OC(F)F)C(F)(F)F)cn1. The lowest BCUT2D eigenvalue weighted by molar-refractivity contribution is -0.156. The number of carbonyl (C=O) groups excluding carboxylic acids is 1. The van der Waals surface area contributed by atoms with Crippen molar-refractivity contribution in [3.8, 4) is 5.75 Å². The minimum absolute atomic E-state index is 0.0981. The Morgan fingerprint density at radius 2 is 1.96 bits per heavy atom. The molecule has 0 saturated carbocycles. The van der Waals surface area contributed by atoms with E-state index in [4.69, 9.17) is 0 Å². The summed E-state index contributed by atoms with van der Waals surface area (Å²) in [6.45, 7) is -3.30. The monoisotopic (exact) mass is 349 g/mol. The van der Waals surface area contributed by atoms with E-state index in [0.29, 0.717) is 0 Å². The highest BCUT2D eigenvalue weighted by Gasteiger charge is 2.43. The summed E-state index contributed by atoms with van der Waals surface area (Å²) in [6.07, 6.45) is -2.60. The molecule has 24 heavy (non-hydrogen) atoms. The fraction of sp³-hybridized carbons (Fsp3) is 0.286. The van der Waals surface area contributed by atoms with Crippen molar-refractivity contribution in [1.82, 2.24) is 15.1 Å². The highest BCUT2D eigenvalue weighted by molar-refractivity contribution is 5.94. The van der Waals surface area contributed by atoms with E-state index in [9.17, 15) is 26.7 Å². The van der Waals surface area contributed by atoms with E-state index in [1.54, 1.807) is 5.32 Å². The van der Waals surface area contributed by atoms with Gasteiger partial charge in [-0.25, -0.2) is 0 Å². The predicted molar refractivity (Wildman–Crippen MR) is 72.5 cm³/mol. The molecule has 0 bridgehead atoms. The second kappa shape index (κ2) is 6.85. The van der Waals surface area contributed by atoms with Gasteiger partial charge in [-0.1, -0.05) is 18.2 Å². The summed E-state index contributed by atoms with van der Waals surface area (Å²) in [5, 5.41) is 5.46. The van der Waals surface area contributed by atoms with Gasteiger partial charge < -0.3 is 10.1 Å². The number of para-hydroxylation sites is 1. The zero-order chi connectivity index (χ0) is 17.9. The number of rotatable bonds is 5. The molecule has 0 unspecified atom stereocenters. The minimum atomic E-state index is -4.92. The number of alkyl halides is 5. The summed E-state index contributed by atoms with van der Waals surface area (Å²) in [7, 11) is 1.49. The average Bonchev–Trinajstić information content (AvgIpc) is 2.90. The summed E-state index contributed by atoms with van der Waals surface area (Å²) in [5.41, 5.74) is -0.721. The van der Waals surface area contributed by atoms with Gasteiger partial charge in [-0.3, -0.25) is 9.48 Å². The van der Waals surface area contributed by atoms with Crippen LogP contribution in [0.2, 0.25) is 0 Å². The highest BCUT2D eigenvalue weighted by atomic mass is 19.4. The number of halogens is 5. The molecule has 0 fully saturated rings. The van der Waals surface area contributed by atoms with E-state index in [1.165, 1.54) is 30.1 Å². The van der Waals surface area contributed by atoms with Crippen molar-refractivity contribution in [3.05, 3.63) is 47.8 Å². The Bertz CT molecular complexity index is 714. The van der Waals surface area contributed by atoms with Gasteiger partial charge in [0.25, 0.3) is 5.91 Å². The quantitative estimate of drug-likeness (QED) is 0.844. The maximum absolute atomic E-state index is 13.3. The first-order valence-electron chi connectivity index (χ1n) is 6.58. The molecular weight excluding hydrogens is 337 g/mol. The van der Waals surface area contributed by atoms with Gasteiger partial charge in [0.15, 0.2) is 6.04 Å². The third-order valence-corrected chi connectivity index (χ3v) is 3.02. The number of hydrogen-bond donors (Lipinski definition) is 1. The van der Waals surface area contributed by atoms with Crippen molar-refractivity contribution < 1.29 is 31.5 Å².